The van der Waals surface area contributed by atoms with Crippen molar-refractivity contribution in [3.05, 3.63) is 0 Å². The van der Waals surface area contributed by atoms with Crippen molar-refractivity contribution < 1.29 is 17.3 Å². The summed E-state index contributed by atoms with van der Waals surface area (Å²) in [5.74, 6) is 0. The van der Waals surface area contributed by atoms with Gasteiger partial charge in [-0.15, -0.1) is 0 Å². The zero-order valence-electron chi connectivity index (χ0n) is 7.51. The Morgan fingerprint density at radius 1 is 1.57 bits per heavy atom. The van der Waals surface area contributed by atoms with Crippen LogP contribution in [0, 0.1) is 11.8 Å². The first kappa shape index (κ1) is 13.3. The minimum atomic E-state index is -4.36. The maximum atomic E-state index is 10.1. The van der Waals surface area contributed by atoms with E-state index >= 15 is 0 Å². The molecule has 0 radical (unpaired) electrons. The van der Waals surface area contributed by atoms with Gasteiger partial charge in [0.1, 0.15) is 0 Å². The van der Waals surface area contributed by atoms with Crippen molar-refractivity contribution in [2.45, 2.75) is 18.9 Å². The van der Waals surface area contributed by atoms with E-state index in [1.807, 2.05) is 0 Å². The highest BCUT2D eigenvalue weighted by atomic mass is 32.3. The Bertz CT molecular complexity index is 257. The van der Waals surface area contributed by atoms with Gasteiger partial charge >= 0.3 is 10.4 Å². The highest BCUT2D eigenvalue weighted by Gasteiger charge is 2.15. The molecule has 0 aromatic carbocycles. The third-order valence-corrected chi connectivity index (χ3v) is 1.92. The summed E-state index contributed by atoms with van der Waals surface area (Å²) in [6.07, 6.45) is 1.80. The van der Waals surface area contributed by atoms with Crippen molar-refractivity contribution in [2.75, 3.05) is 13.1 Å². The predicted molar refractivity (Wildman–Crippen MR) is 48.3 cm³/mol. The van der Waals surface area contributed by atoms with E-state index in [0.29, 0.717) is 6.54 Å². The fraction of sp³-hybridized carbons (Fsp3) is 0.833. The second kappa shape index (κ2) is 6.69. The van der Waals surface area contributed by atoms with Crippen molar-refractivity contribution in [3.8, 4) is 6.57 Å². The second-order valence-electron chi connectivity index (χ2n) is 2.67. The van der Waals surface area contributed by atoms with Crippen LogP contribution in [0.3, 0.4) is 0 Å². The van der Waals surface area contributed by atoms with Crippen molar-refractivity contribution in [1.29, 1.82) is 5.26 Å². The Balaban J connectivity index is 0.000000791. The molecule has 0 bridgehead atoms. The van der Waals surface area contributed by atoms with Crippen molar-refractivity contribution in [1.82, 2.24) is 10.8 Å². The number of rotatable bonds is 3. The summed E-state index contributed by atoms with van der Waals surface area (Å²) in [5, 5.41) is 9.55. The third-order valence-electron chi connectivity index (χ3n) is 1.62. The van der Waals surface area contributed by atoms with E-state index in [0.717, 1.165) is 19.4 Å². The van der Waals surface area contributed by atoms with Crippen LogP contribution in [0.4, 0.5) is 0 Å². The standard InChI is InChI=1S/C5H12N2O4S.CHN/c8-12(9,10)11-7-5-2-1-3-6-4-5;1-2/h5-7H,1-4H2,(H,8,9,10);1H. The lowest BCUT2D eigenvalue weighted by atomic mass is 10.1. The van der Waals surface area contributed by atoms with Gasteiger partial charge in [0.05, 0.1) is 0 Å². The monoisotopic (exact) mass is 223 g/mol. The van der Waals surface area contributed by atoms with Crippen LogP contribution in [-0.4, -0.2) is 32.1 Å². The van der Waals surface area contributed by atoms with Gasteiger partial charge in [-0.05, 0) is 19.4 Å². The van der Waals surface area contributed by atoms with Gasteiger partial charge < -0.3 is 5.32 Å². The fourth-order valence-corrected chi connectivity index (χ4v) is 1.34. The second-order valence-corrected chi connectivity index (χ2v) is 3.69. The summed E-state index contributed by atoms with van der Waals surface area (Å²) in [7, 11) is -4.36. The Kier molecular flexibility index (Phi) is 6.35. The molecule has 14 heavy (non-hydrogen) atoms. The molecule has 1 unspecified atom stereocenters. The van der Waals surface area contributed by atoms with Crippen LogP contribution in [-0.2, 0) is 14.7 Å². The summed E-state index contributed by atoms with van der Waals surface area (Å²) < 4.78 is 32.5. The van der Waals surface area contributed by atoms with E-state index in [1.165, 1.54) is 0 Å². The minimum absolute atomic E-state index is 0.0549. The van der Waals surface area contributed by atoms with Crippen molar-refractivity contribution >= 4 is 10.4 Å². The van der Waals surface area contributed by atoms with Gasteiger partial charge in [0, 0.05) is 19.2 Å². The van der Waals surface area contributed by atoms with E-state index in [4.69, 9.17) is 9.81 Å². The Hall–Kier alpha value is -0.720. The van der Waals surface area contributed by atoms with E-state index in [2.05, 4.69) is 21.7 Å². The minimum Gasteiger partial charge on any atom is -0.315 e. The SMILES string of the molecule is C#N.O=S(=O)(O)ONC1CCCNC1. The van der Waals surface area contributed by atoms with Gasteiger partial charge in [-0.25, -0.2) is 5.26 Å². The van der Waals surface area contributed by atoms with Crippen LogP contribution in [0.2, 0.25) is 0 Å². The highest BCUT2D eigenvalue weighted by Crippen LogP contribution is 2.01. The quantitative estimate of drug-likeness (QED) is 0.424. The molecule has 1 saturated heterocycles. The number of piperidine rings is 1. The van der Waals surface area contributed by atoms with Gasteiger partial charge in [0.2, 0.25) is 0 Å². The molecule has 1 rings (SSSR count). The Morgan fingerprint density at radius 2 is 2.21 bits per heavy atom. The maximum Gasteiger partial charge on any atom is 0.413 e. The first-order chi connectivity index (χ1) is 6.58. The molecule has 0 amide bonds. The molecule has 0 spiro atoms. The predicted octanol–water partition coefficient (Wildman–Crippen LogP) is -0.798. The average molecular weight is 223 g/mol. The summed E-state index contributed by atoms with van der Waals surface area (Å²) in [6, 6.07) is -0.0549. The first-order valence-electron chi connectivity index (χ1n) is 3.96. The number of hydrogen-bond acceptors (Lipinski definition) is 6. The van der Waals surface area contributed by atoms with Gasteiger partial charge in [-0.1, -0.05) is 0 Å². The highest BCUT2D eigenvalue weighted by molar-refractivity contribution is 7.80. The summed E-state index contributed by atoms with van der Waals surface area (Å²) >= 11 is 0. The van der Waals surface area contributed by atoms with Crippen LogP contribution < -0.4 is 10.8 Å². The Labute approximate surface area is 83.0 Å². The molecule has 0 aromatic rings. The molecule has 1 heterocycles. The average Bonchev–Trinajstić information content (AvgIpc) is 2.19. The lowest BCUT2D eigenvalue weighted by Gasteiger charge is -2.21. The number of nitriles is 1. The lowest BCUT2D eigenvalue weighted by Crippen LogP contribution is -2.43. The zero-order valence-corrected chi connectivity index (χ0v) is 8.33. The van der Waals surface area contributed by atoms with Crippen LogP contribution in [0.5, 0.6) is 0 Å². The van der Waals surface area contributed by atoms with Crippen LogP contribution in [0.25, 0.3) is 0 Å². The molecule has 0 aromatic heterocycles. The molecule has 82 valence electrons. The smallest absolute Gasteiger partial charge is 0.315 e. The molecule has 0 aliphatic carbocycles. The van der Waals surface area contributed by atoms with Crippen LogP contribution in [0.15, 0.2) is 0 Å². The number of nitrogens with one attached hydrogen (secondary N) is 2. The van der Waals surface area contributed by atoms with Gasteiger partial charge in [0.15, 0.2) is 0 Å². The van der Waals surface area contributed by atoms with E-state index < -0.39 is 10.4 Å². The van der Waals surface area contributed by atoms with Crippen LogP contribution >= 0.6 is 0 Å². The fourth-order valence-electron chi connectivity index (χ4n) is 1.08. The number of nitrogens with zero attached hydrogens (tertiary/aromatic N) is 1. The first-order valence-corrected chi connectivity index (χ1v) is 5.32. The number of hydrogen-bond donors (Lipinski definition) is 3. The summed E-state index contributed by atoms with van der Waals surface area (Å²) in [4.78, 5) is 0. The van der Waals surface area contributed by atoms with Gasteiger partial charge in [-0.3, -0.25) is 4.55 Å². The maximum absolute atomic E-state index is 10.1. The lowest BCUT2D eigenvalue weighted by molar-refractivity contribution is 0.127. The van der Waals surface area contributed by atoms with E-state index in [9.17, 15) is 8.42 Å². The molecule has 1 atom stereocenters. The van der Waals surface area contributed by atoms with Gasteiger partial charge in [-0.2, -0.15) is 18.2 Å². The largest absolute Gasteiger partial charge is 0.413 e. The van der Waals surface area contributed by atoms with E-state index in [1.54, 1.807) is 0 Å². The topological polar surface area (TPSA) is 111 Å². The van der Waals surface area contributed by atoms with E-state index in [-0.39, 0.29) is 6.04 Å². The molecular formula is C6H13N3O4S. The molecule has 8 heteroatoms. The molecule has 1 fully saturated rings. The van der Waals surface area contributed by atoms with Gasteiger partial charge in [0.25, 0.3) is 0 Å². The third kappa shape index (κ3) is 6.76. The van der Waals surface area contributed by atoms with Crippen molar-refractivity contribution in [2.24, 2.45) is 0 Å². The van der Waals surface area contributed by atoms with Crippen molar-refractivity contribution in [3.63, 3.8) is 0 Å². The normalized spacial score (nSPS) is 22.1. The molecule has 1 aliphatic rings. The van der Waals surface area contributed by atoms with Crippen LogP contribution in [0.1, 0.15) is 12.8 Å². The summed E-state index contributed by atoms with van der Waals surface area (Å²) in [6.45, 7) is 5.08. The molecule has 1 aliphatic heterocycles. The molecular weight excluding hydrogens is 210 g/mol. The molecule has 0 saturated carbocycles. The molecule has 3 N–H and O–H groups in total. The number of hydroxylamine groups is 1. The Morgan fingerprint density at radius 3 is 2.64 bits per heavy atom. The zero-order chi connectivity index (χ0) is 11.0. The molecule has 7 nitrogen and oxygen atoms in total. The summed E-state index contributed by atoms with van der Waals surface area (Å²) in [5.41, 5.74) is 2.26.